The van der Waals surface area contributed by atoms with Crippen LogP contribution in [-0.4, -0.2) is 31.7 Å². The maximum absolute atomic E-state index is 4.27. The Bertz CT molecular complexity index is 673. The Morgan fingerprint density at radius 1 is 1.37 bits per heavy atom. The maximum atomic E-state index is 4.27. The van der Waals surface area contributed by atoms with Crippen molar-refractivity contribution >= 4 is 21.6 Å². The van der Waals surface area contributed by atoms with E-state index in [2.05, 4.69) is 38.8 Å². The van der Waals surface area contributed by atoms with Crippen molar-refractivity contribution in [1.29, 1.82) is 0 Å². The summed E-state index contributed by atoms with van der Waals surface area (Å²) in [6.45, 7) is 3.76. The number of tetrazole rings is 1. The standard InChI is InChI=1S/C12H14N6S/c1-2-5-13-7-12-15-16-17-18(12)9-3-4-10-11(6-9)19-8-14-10/h3-4,6,8,13H,2,5,7H2,1H3. The monoisotopic (exact) mass is 274 g/mol. The molecule has 0 aliphatic rings. The molecule has 98 valence electrons. The molecule has 0 aliphatic carbocycles. The van der Waals surface area contributed by atoms with E-state index in [1.165, 1.54) is 0 Å². The van der Waals surface area contributed by atoms with Gasteiger partial charge in [-0.25, -0.2) is 4.98 Å². The van der Waals surface area contributed by atoms with Crippen molar-refractivity contribution in [2.75, 3.05) is 6.54 Å². The Balaban J connectivity index is 1.90. The van der Waals surface area contributed by atoms with Crippen LogP contribution in [0.25, 0.3) is 15.9 Å². The Morgan fingerprint density at radius 3 is 3.21 bits per heavy atom. The van der Waals surface area contributed by atoms with Crippen LogP contribution in [-0.2, 0) is 6.54 Å². The van der Waals surface area contributed by atoms with Crippen molar-refractivity contribution in [1.82, 2.24) is 30.5 Å². The van der Waals surface area contributed by atoms with Crippen molar-refractivity contribution in [2.45, 2.75) is 19.9 Å². The number of hydrogen-bond donors (Lipinski definition) is 1. The summed E-state index contributed by atoms with van der Waals surface area (Å²) in [5.41, 5.74) is 3.82. The van der Waals surface area contributed by atoms with E-state index in [-0.39, 0.29) is 0 Å². The molecular weight excluding hydrogens is 260 g/mol. The fourth-order valence-corrected chi connectivity index (χ4v) is 2.58. The van der Waals surface area contributed by atoms with E-state index in [9.17, 15) is 0 Å². The summed E-state index contributed by atoms with van der Waals surface area (Å²) >= 11 is 1.62. The van der Waals surface area contributed by atoms with Crippen LogP contribution in [0.2, 0.25) is 0 Å². The molecule has 0 spiro atoms. The number of rotatable bonds is 5. The van der Waals surface area contributed by atoms with Crippen LogP contribution >= 0.6 is 11.3 Å². The fraction of sp³-hybridized carbons (Fsp3) is 0.333. The van der Waals surface area contributed by atoms with E-state index in [1.54, 1.807) is 16.0 Å². The normalized spacial score (nSPS) is 11.2. The lowest BCUT2D eigenvalue weighted by atomic mass is 10.3. The predicted molar refractivity (Wildman–Crippen MR) is 74.3 cm³/mol. The molecule has 0 aliphatic heterocycles. The summed E-state index contributed by atoms with van der Waals surface area (Å²) in [4.78, 5) is 4.27. The first-order chi connectivity index (χ1) is 9.38. The van der Waals surface area contributed by atoms with Crippen molar-refractivity contribution in [3.63, 3.8) is 0 Å². The number of benzene rings is 1. The molecule has 0 amide bonds. The van der Waals surface area contributed by atoms with E-state index in [1.807, 2.05) is 17.6 Å². The maximum Gasteiger partial charge on any atom is 0.170 e. The van der Waals surface area contributed by atoms with Gasteiger partial charge in [0.05, 0.1) is 28.0 Å². The minimum Gasteiger partial charge on any atom is -0.310 e. The second-order valence-corrected chi connectivity index (χ2v) is 5.07. The Labute approximate surface area is 114 Å². The molecule has 0 atom stereocenters. The minimum atomic E-state index is 0.668. The molecule has 0 radical (unpaired) electrons. The quantitative estimate of drug-likeness (QED) is 0.718. The van der Waals surface area contributed by atoms with Gasteiger partial charge in [0.1, 0.15) is 0 Å². The molecule has 2 aromatic heterocycles. The first kappa shape index (κ1) is 12.2. The molecule has 0 saturated carbocycles. The summed E-state index contributed by atoms with van der Waals surface area (Å²) in [7, 11) is 0. The lowest BCUT2D eigenvalue weighted by Crippen LogP contribution is -2.17. The summed E-state index contributed by atoms with van der Waals surface area (Å²) in [5, 5.41) is 15.2. The number of fused-ring (bicyclic) bond motifs is 1. The summed E-state index contributed by atoms with van der Waals surface area (Å²) in [6, 6.07) is 6.04. The van der Waals surface area contributed by atoms with Crippen LogP contribution in [0.5, 0.6) is 0 Å². The minimum absolute atomic E-state index is 0.668. The van der Waals surface area contributed by atoms with E-state index >= 15 is 0 Å². The number of nitrogens with one attached hydrogen (secondary N) is 1. The molecule has 7 heteroatoms. The van der Waals surface area contributed by atoms with E-state index in [0.717, 1.165) is 34.7 Å². The highest BCUT2D eigenvalue weighted by Gasteiger charge is 2.08. The highest BCUT2D eigenvalue weighted by Crippen LogP contribution is 2.21. The van der Waals surface area contributed by atoms with Gasteiger partial charge in [0.2, 0.25) is 0 Å². The van der Waals surface area contributed by atoms with Gasteiger partial charge in [-0.2, -0.15) is 4.68 Å². The average molecular weight is 274 g/mol. The van der Waals surface area contributed by atoms with Gasteiger partial charge in [-0.15, -0.1) is 16.4 Å². The van der Waals surface area contributed by atoms with Gasteiger partial charge >= 0.3 is 0 Å². The van der Waals surface area contributed by atoms with Crippen LogP contribution in [0, 0.1) is 0 Å². The molecule has 0 saturated heterocycles. The van der Waals surface area contributed by atoms with Crippen LogP contribution in [0.1, 0.15) is 19.2 Å². The van der Waals surface area contributed by atoms with Gasteiger partial charge in [-0.05, 0) is 41.6 Å². The fourth-order valence-electron chi connectivity index (χ4n) is 1.87. The SMILES string of the molecule is CCCNCc1nnnn1-c1ccc2ncsc2c1. The van der Waals surface area contributed by atoms with Crippen molar-refractivity contribution in [3.8, 4) is 5.69 Å². The number of hydrogen-bond acceptors (Lipinski definition) is 6. The summed E-state index contributed by atoms with van der Waals surface area (Å²) in [5.74, 6) is 0.817. The molecule has 3 aromatic rings. The molecular formula is C12H14N6S. The lowest BCUT2D eigenvalue weighted by Gasteiger charge is -2.05. The first-order valence-corrected chi connectivity index (χ1v) is 7.08. The Kier molecular flexibility index (Phi) is 3.47. The van der Waals surface area contributed by atoms with Crippen LogP contribution in [0.4, 0.5) is 0 Å². The number of thiazole rings is 1. The summed E-state index contributed by atoms with van der Waals surface area (Å²) < 4.78 is 2.91. The molecule has 3 rings (SSSR count). The Hall–Kier alpha value is -1.86. The largest absolute Gasteiger partial charge is 0.310 e. The highest BCUT2D eigenvalue weighted by molar-refractivity contribution is 7.16. The Morgan fingerprint density at radius 2 is 2.32 bits per heavy atom. The zero-order valence-corrected chi connectivity index (χ0v) is 11.4. The molecule has 2 heterocycles. The zero-order valence-electron chi connectivity index (χ0n) is 10.6. The molecule has 0 fully saturated rings. The van der Waals surface area contributed by atoms with Gasteiger partial charge in [0.25, 0.3) is 0 Å². The zero-order chi connectivity index (χ0) is 13.1. The van der Waals surface area contributed by atoms with E-state index < -0.39 is 0 Å². The number of aromatic nitrogens is 5. The van der Waals surface area contributed by atoms with Gasteiger partial charge in [0, 0.05) is 0 Å². The lowest BCUT2D eigenvalue weighted by molar-refractivity contribution is 0.633. The van der Waals surface area contributed by atoms with Crippen LogP contribution < -0.4 is 5.32 Å². The van der Waals surface area contributed by atoms with Gasteiger partial charge in [-0.1, -0.05) is 6.92 Å². The first-order valence-electron chi connectivity index (χ1n) is 6.20. The molecule has 1 aromatic carbocycles. The molecule has 0 bridgehead atoms. The third kappa shape index (κ3) is 2.47. The average Bonchev–Trinajstić information content (AvgIpc) is 3.06. The topological polar surface area (TPSA) is 68.5 Å². The molecule has 6 nitrogen and oxygen atoms in total. The molecule has 0 unspecified atom stereocenters. The van der Waals surface area contributed by atoms with Gasteiger partial charge < -0.3 is 5.32 Å². The van der Waals surface area contributed by atoms with Crippen LogP contribution in [0.15, 0.2) is 23.7 Å². The molecule has 19 heavy (non-hydrogen) atoms. The number of nitrogens with zero attached hydrogens (tertiary/aromatic N) is 5. The third-order valence-electron chi connectivity index (χ3n) is 2.80. The van der Waals surface area contributed by atoms with E-state index in [4.69, 9.17) is 0 Å². The predicted octanol–water partition coefficient (Wildman–Crippen LogP) is 1.77. The molecule has 1 N–H and O–H groups in total. The van der Waals surface area contributed by atoms with Crippen molar-refractivity contribution < 1.29 is 0 Å². The summed E-state index contributed by atoms with van der Waals surface area (Å²) in [6.07, 6.45) is 1.09. The van der Waals surface area contributed by atoms with E-state index in [0.29, 0.717) is 6.54 Å². The second-order valence-electron chi connectivity index (χ2n) is 4.19. The van der Waals surface area contributed by atoms with Crippen molar-refractivity contribution in [2.24, 2.45) is 0 Å². The van der Waals surface area contributed by atoms with Crippen molar-refractivity contribution in [3.05, 3.63) is 29.5 Å². The third-order valence-corrected chi connectivity index (χ3v) is 3.60. The second kappa shape index (κ2) is 5.41. The highest BCUT2D eigenvalue weighted by atomic mass is 32.1. The smallest absolute Gasteiger partial charge is 0.170 e. The van der Waals surface area contributed by atoms with Gasteiger partial charge in [0.15, 0.2) is 5.82 Å². The van der Waals surface area contributed by atoms with Gasteiger partial charge in [-0.3, -0.25) is 0 Å². The van der Waals surface area contributed by atoms with Crippen LogP contribution in [0.3, 0.4) is 0 Å².